The minimum atomic E-state index is -0.486. The van der Waals surface area contributed by atoms with Gasteiger partial charge in [0.25, 0.3) is 0 Å². The third-order valence-electron chi connectivity index (χ3n) is 6.46. The Balaban J connectivity index is 2.16. The molecule has 0 aliphatic rings. The van der Waals surface area contributed by atoms with Gasteiger partial charge in [-0.05, 0) is 59.1 Å². The van der Waals surface area contributed by atoms with Crippen molar-refractivity contribution in [3.63, 3.8) is 0 Å². The Bertz CT molecular complexity index is 1020. The zero-order valence-electron chi connectivity index (χ0n) is 24.3. The average Bonchev–Trinajstić information content (AvgIpc) is 2.76. The van der Waals surface area contributed by atoms with Crippen LogP contribution >= 0.6 is 0 Å². The van der Waals surface area contributed by atoms with Crippen LogP contribution in [0.4, 0.5) is 11.4 Å². The van der Waals surface area contributed by atoms with Gasteiger partial charge in [-0.3, -0.25) is 9.59 Å². The van der Waals surface area contributed by atoms with E-state index in [0.717, 1.165) is 25.9 Å². The molecule has 1 N–H and O–H groups in total. The van der Waals surface area contributed by atoms with E-state index in [4.69, 9.17) is 0 Å². The first-order valence-electron chi connectivity index (χ1n) is 13.4. The number of hydrogen-bond donors (Lipinski definition) is 1. The van der Waals surface area contributed by atoms with E-state index in [0.29, 0.717) is 17.7 Å². The van der Waals surface area contributed by atoms with E-state index < -0.39 is 5.41 Å². The molecule has 4 nitrogen and oxygen atoms in total. The van der Waals surface area contributed by atoms with Crippen LogP contribution in [0.3, 0.4) is 0 Å². The van der Waals surface area contributed by atoms with Gasteiger partial charge < -0.3 is 10.2 Å². The standard InChI is InChI=1S/C32H48N2O2/c1-11-17-34(27-21-24(30(2,3)4)20-25(22-27)31(5,6)7)18-13-16-28(35)23-14-12-15-26(19-23)33-29(36)32(8,9)10/h12,14-15,19-22H,11,13,16-18H2,1-10H3,(H,33,36). The van der Waals surface area contributed by atoms with Crippen LogP contribution in [0.15, 0.2) is 42.5 Å². The monoisotopic (exact) mass is 492 g/mol. The van der Waals surface area contributed by atoms with Gasteiger partial charge in [0.1, 0.15) is 0 Å². The second-order valence-electron chi connectivity index (χ2n) is 13.1. The second kappa shape index (κ2) is 11.6. The highest BCUT2D eigenvalue weighted by Gasteiger charge is 2.23. The summed E-state index contributed by atoms with van der Waals surface area (Å²) in [6.07, 6.45) is 2.30. The van der Waals surface area contributed by atoms with E-state index in [1.54, 1.807) is 6.07 Å². The smallest absolute Gasteiger partial charge is 0.229 e. The number of benzene rings is 2. The fourth-order valence-corrected chi connectivity index (χ4v) is 3.96. The van der Waals surface area contributed by atoms with E-state index in [2.05, 4.69) is 76.9 Å². The van der Waals surface area contributed by atoms with Crippen LogP contribution in [0.2, 0.25) is 0 Å². The van der Waals surface area contributed by atoms with Gasteiger partial charge >= 0.3 is 0 Å². The van der Waals surface area contributed by atoms with Crippen molar-refractivity contribution in [3.8, 4) is 0 Å². The molecule has 0 heterocycles. The molecule has 1 amide bonds. The molecule has 0 aliphatic carbocycles. The van der Waals surface area contributed by atoms with Crippen molar-refractivity contribution >= 4 is 23.1 Å². The number of Topliss-reactive ketones (excluding diaryl/α,β-unsaturated/α-hetero) is 1. The van der Waals surface area contributed by atoms with Gasteiger partial charge in [-0.15, -0.1) is 0 Å². The fourth-order valence-electron chi connectivity index (χ4n) is 3.96. The molecule has 2 rings (SSSR count). The zero-order chi connectivity index (χ0) is 27.3. The van der Waals surface area contributed by atoms with Crippen LogP contribution in [0.1, 0.15) is 110 Å². The third-order valence-corrected chi connectivity index (χ3v) is 6.46. The average molecular weight is 493 g/mol. The molecular formula is C32H48N2O2. The lowest BCUT2D eigenvalue weighted by Crippen LogP contribution is -2.28. The fraction of sp³-hybridized carbons (Fsp3) is 0.562. The molecular weight excluding hydrogens is 444 g/mol. The van der Waals surface area contributed by atoms with Gasteiger partial charge in [0, 0.05) is 41.9 Å². The first-order valence-corrected chi connectivity index (χ1v) is 13.4. The highest BCUT2D eigenvalue weighted by atomic mass is 16.2. The van der Waals surface area contributed by atoms with Crippen molar-refractivity contribution in [2.45, 2.75) is 99.3 Å². The summed E-state index contributed by atoms with van der Waals surface area (Å²) in [7, 11) is 0. The maximum absolute atomic E-state index is 13.0. The van der Waals surface area contributed by atoms with Gasteiger partial charge in [0.2, 0.25) is 5.91 Å². The van der Waals surface area contributed by atoms with Crippen molar-refractivity contribution in [1.29, 1.82) is 0 Å². The van der Waals surface area contributed by atoms with Gasteiger partial charge in [-0.1, -0.05) is 87.4 Å². The van der Waals surface area contributed by atoms with Crippen molar-refractivity contribution in [3.05, 3.63) is 59.2 Å². The number of nitrogens with one attached hydrogen (secondary N) is 1. The quantitative estimate of drug-likeness (QED) is 0.359. The summed E-state index contributed by atoms with van der Waals surface area (Å²) in [4.78, 5) is 27.8. The molecule has 0 atom stereocenters. The van der Waals surface area contributed by atoms with Crippen molar-refractivity contribution in [2.75, 3.05) is 23.3 Å². The summed E-state index contributed by atoms with van der Waals surface area (Å²) in [6.45, 7) is 23.2. The molecule has 0 unspecified atom stereocenters. The molecule has 198 valence electrons. The predicted octanol–water partition coefficient (Wildman–Crippen LogP) is 8.15. The molecule has 0 radical (unpaired) electrons. The highest BCUT2D eigenvalue weighted by molar-refractivity contribution is 5.99. The highest BCUT2D eigenvalue weighted by Crippen LogP contribution is 2.33. The van der Waals surface area contributed by atoms with Crippen LogP contribution in [0, 0.1) is 5.41 Å². The largest absolute Gasteiger partial charge is 0.372 e. The Labute approximate surface area is 219 Å². The Kier molecular flexibility index (Phi) is 9.56. The Morgan fingerprint density at radius 1 is 0.806 bits per heavy atom. The lowest BCUT2D eigenvalue weighted by molar-refractivity contribution is -0.123. The van der Waals surface area contributed by atoms with Crippen molar-refractivity contribution < 1.29 is 9.59 Å². The minimum absolute atomic E-state index is 0.0607. The van der Waals surface area contributed by atoms with Gasteiger partial charge in [-0.25, -0.2) is 0 Å². The van der Waals surface area contributed by atoms with E-state index in [-0.39, 0.29) is 22.5 Å². The number of ketones is 1. The molecule has 0 saturated heterocycles. The molecule has 2 aromatic rings. The van der Waals surface area contributed by atoms with Gasteiger partial charge in [-0.2, -0.15) is 0 Å². The topological polar surface area (TPSA) is 49.4 Å². The maximum atomic E-state index is 13.0. The normalized spacial score (nSPS) is 12.4. The molecule has 36 heavy (non-hydrogen) atoms. The van der Waals surface area contributed by atoms with Crippen LogP contribution in [-0.4, -0.2) is 24.8 Å². The summed E-state index contributed by atoms with van der Waals surface area (Å²) in [6, 6.07) is 14.3. The molecule has 0 spiro atoms. The Morgan fingerprint density at radius 3 is 1.89 bits per heavy atom. The number of nitrogens with zero attached hydrogens (tertiary/aromatic N) is 1. The van der Waals surface area contributed by atoms with Crippen LogP contribution in [0.25, 0.3) is 0 Å². The molecule has 2 aromatic carbocycles. The van der Waals surface area contributed by atoms with Crippen LogP contribution < -0.4 is 10.2 Å². The summed E-state index contributed by atoms with van der Waals surface area (Å²) in [5.74, 6) is 0.0477. The first kappa shape index (κ1) is 29.6. The van der Waals surface area contributed by atoms with Gasteiger partial charge in [0.05, 0.1) is 0 Å². The van der Waals surface area contributed by atoms with E-state index >= 15 is 0 Å². The lowest BCUT2D eigenvalue weighted by Gasteiger charge is -2.31. The molecule has 0 aromatic heterocycles. The third kappa shape index (κ3) is 8.50. The van der Waals surface area contributed by atoms with Crippen LogP contribution in [0.5, 0.6) is 0 Å². The maximum Gasteiger partial charge on any atom is 0.229 e. The first-order chi connectivity index (χ1) is 16.5. The number of carbonyl (C=O) groups is 2. The molecule has 0 saturated carbocycles. The predicted molar refractivity (Wildman–Crippen MR) is 154 cm³/mol. The summed E-state index contributed by atoms with van der Waals surface area (Å²) in [5.41, 5.74) is 4.89. The number of anilines is 2. The minimum Gasteiger partial charge on any atom is -0.372 e. The van der Waals surface area contributed by atoms with Gasteiger partial charge in [0.15, 0.2) is 5.78 Å². The molecule has 0 fully saturated rings. The molecule has 0 bridgehead atoms. The number of carbonyl (C=O) groups excluding carboxylic acids is 2. The van der Waals surface area contributed by atoms with Crippen LogP contribution in [-0.2, 0) is 15.6 Å². The van der Waals surface area contributed by atoms with E-state index in [9.17, 15) is 9.59 Å². The Hall–Kier alpha value is -2.62. The Morgan fingerprint density at radius 2 is 1.39 bits per heavy atom. The number of rotatable bonds is 9. The number of amides is 1. The van der Waals surface area contributed by atoms with E-state index in [1.165, 1.54) is 16.8 Å². The summed E-state index contributed by atoms with van der Waals surface area (Å²) >= 11 is 0. The summed E-state index contributed by atoms with van der Waals surface area (Å²) < 4.78 is 0. The zero-order valence-corrected chi connectivity index (χ0v) is 24.3. The SMILES string of the molecule is CCCN(CCCC(=O)c1cccc(NC(=O)C(C)(C)C)c1)c1cc(C(C)(C)C)cc(C(C)(C)C)c1. The lowest BCUT2D eigenvalue weighted by atomic mass is 9.80. The number of hydrogen-bond acceptors (Lipinski definition) is 3. The second-order valence-corrected chi connectivity index (χ2v) is 13.1. The van der Waals surface area contributed by atoms with E-state index in [1.807, 2.05) is 39.0 Å². The van der Waals surface area contributed by atoms with Crippen molar-refractivity contribution in [1.82, 2.24) is 0 Å². The molecule has 4 heteroatoms. The molecule has 0 aliphatic heterocycles. The summed E-state index contributed by atoms with van der Waals surface area (Å²) in [5, 5.41) is 2.93. The van der Waals surface area contributed by atoms with Crippen molar-refractivity contribution in [2.24, 2.45) is 5.41 Å².